The molecule has 94 valence electrons. The van der Waals surface area contributed by atoms with Crippen molar-refractivity contribution in [2.24, 2.45) is 7.05 Å². The number of benzene rings is 1. The fourth-order valence-electron chi connectivity index (χ4n) is 1.76. The van der Waals surface area contributed by atoms with Gasteiger partial charge in [-0.15, -0.1) is 0 Å². The molecule has 0 atom stereocenters. The third-order valence-corrected chi connectivity index (χ3v) is 3.18. The standard InChI is InChI=1S/C12H10Cl2N2O2.Al/c1-6-10(12(18)16(2)15-6)11(17)8-4-3-7(13)5-9(8)14;/h3-5,15H,1-2H3;/q;+3. The Morgan fingerprint density at radius 1 is 1.32 bits per heavy atom. The number of nitrogens with zero attached hydrogens (tertiary/aromatic N) is 1. The zero-order valence-corrected chi connectivity index (χ0v) is 13.0. The van der Waals surface area contributed by atoms with E-state index in [9.17, 15) is 9.59 Å². The molecule has 0 spiro atoms. The molecule has 0 bridgehead atoms. The first-order valence-electron chi connectivity index (χ1n) is 5.17. The molecule has 0 aliphatic rings. The van der Waals surface area contributed by atoms with Crippen LogP contribution in [0.1, 0.15) is 21.6 Å². The normalized spacial score (nSPS) is 10.1. The van der Waals surface area contributed by atoms with Crippen LogP contribution in [-0.4, -0.2) is 32.9 Å². The molecule has 0 amide bonds. The Kier molecular flexibility index (Phi) is 5.06. The van der Waals surface area contributed by atoms with Crippen molar-refractivity contribution in [1.82, 2.24) is 9.78 Å². The van der Waals surface area contributed by atoms with E-state index in [0.29, 0.717) is 10.7 Å². The number of nitrogens with one attached hydrogen (secondary N) is 1. The number of aryl methyl sites for hydroxylation is 2. The molecule has 1 aromatic heterocycles. The van der Waals surface area contributed by atoms with Crippen LogP contribution in [0.25, 0.3) is 0 Å². The minimum absolute atomic E-state index is 0. The van der Waals surface area contributed by atoms with Gasteiger partial charge in [-0.2, -0.15) is 0 Å². The van der Waals surface area contributed by atoms with Crippen LogP contribution < -0.4 is 5.56 Å². The first-order chi connectivity index (χ1) is 8.41. The Bertz CT molecular complexity index is 692. The zero-order chi connectivity index (χ0) is 13.4. The van der Waals surface area contributed by atoms with E-state index in [1.165, 1.54) is 16.8 Å². The molecule has 0 fully saturated rings. The van der Waals surface area contributed by atoms with Gasteiger partial charge in [-0.05, 0) is 25.1 Å². The topological polar surface area (TPSA) is 54.9 Å². The van der Waals surface area contributed by atoms with Gasteiger partial charge in [-0.25, -0.2) is 0 Å². The van der Waals surface area contributed by atoms with Crippen LogP contribution in [0.15, 0.2) is 23.0 Å². The maximum Gasteiger partial charge on any atom is 3.00 e. The third kappa shape index (κ3) is 2.96. The third-order valence-electron chi connectivity index (χ3n) is 2.63. The number of hydrogen-bond donors (Lipinski definition) is 1. The van der Waals surface area contributed by atoms with Gasteiger partial charge in [0.15, 0.2) is 0 Å². The average Bonchev–Trinajstić information content (AvgIpc) is 2.52. The molecule has 0 aliphatic carbocycles. The van der Waals surface area contributed by atoms with Gasteiger partial charge in [0.2, 0.25) is 5.78 Å². The molecular weight excluding hydrogens is 302 g/mol. The Hall–Kier alpha value is -0.988. The van der Waals surface area contributed by atoms with Gasteiger partial charge >= 0.3 is 17.4 Å². The largest absolute Gasteiger partial charge is 3.00 e. The van der Waals surface area contributed by atoms with Crippen LogP contribution in [0, 0.1) is 6.92 Å². The summed E-state index contributed by atoms with van der Waals surface area (Å²) in [4.78, 5) is 24.1. The van der Waals surface area contributed by atoms with E-state index in [-0.39, 0.29) is 39.1 Å². The monoisotopic (exact) mass is 311 g/mol. The summed E-state index contributed by atoms with van der Waals surface area (Å²) in [6, 6.07) is 4.55. The zero-order valence-electron chi connectivity index (χ0n) is 10.3. The van der Waals surface area contributed by atoms with Crippen molar-refractivity contribution in [3.05, 3.63) is 55.4 Å². The predicted molar refractivity (Wildman–Crippen MR) is 76.4 cm³/mol. The minimum Gasteiger partial charge on any atom is -0.299 e. The molecule has 7 heteroatoms. The van der Waals surface area contributed by atoms with Crippen LogP contribution in [0.4, 0.5) is 0 Å². The Balaban J connectivity index is 0.00000180. The van der Waals surface area contributed by atoms with E-state index in [1.807, 2.05) is 0 Å². The molecule has 1 aromatic carbocycles. The molecule has 0 saturated heterocycles. The van der Waals surface area contributed by atoms with Crippen molar-refractivity contribution in [3.8, 4) is 0 Å². The number of halogens is 2. The van der Waals surface area contributed by atoms with E-state index < -0.39 is 5.78 Å². The van der Waals surface area contributed by atoms with E-state index in [4.69, 9.17) is 23.2 Å². The number of hydrogen-bond acceptors (Lipinski definition) is 2. The molecule has 1 N–H and O–H groups in total. The summed E-state index contributed by atoms with van der Waals surface area (Å²) >= 11 is 11.7. The van der Waals surface area contributed by atoms with E-state index in [0.717, 1.165) is 0 Å². The van der Waals surface area contributed by atoms with E-state index >= 15 is 0 Å². The van der Waals surface area contributed by atoms with Gasteiger partial charge in [-0.1, -0.05) is 23.2 Å². The fraction of sp³-hybridized carbons (Fsp3) is 0.167. The van der Waals surface area contributed by atoms with Gasteiger partial charge in [0.25, 0.3) is 5.56 Å². The van der Waals surface area contributed by atoms with E-state index in [1.54, 1.807) is 20.0 Å². The maximum absolute atomic E-state index is 12.3. The van der Waals surface area contributed by atoms with Gasteiger partial charge in [0.05, 0.1) is 5.02 Å². The molecule has 0 unspecified atom stereocenters. The van der Waals surface area contributed by atoms with Crippen molar-refractivity contribution in [3.63, 3.8) is 0 Å². The number of rotatable bonds is 2. The first kappa shape index (κ1) is 16.1. The maximum atomic E-state index is 12.3. The number of ketones is 1. The van der Waals surface area contributed by atoms with Crippen molar-refractivity contribution >= 4 is 46.3 Å². The number of carbonyl (C=O) groups excluding carboxylic acids is 1. The number of carbonyl (C=O) groups is 1. The average molecular weight is 312 g/mol. The molecule has 19 heavy (non-hydrogen) atoms. The SMILES string of the molecule is Cc1[nH]n(C)c(=O)c1C(=O)c1ccc(Cl)cc1Cl.[Al+3]. The summed E-state index contributed by atoms with van der Waals surface area (Å²) in [6.07, 6.45) is 0. The van der Waals surface area contributed by atoms with Crippen molar-refractivity contribution in [2.75, 3.05) is 0 Å². The number of H-pyrrole nitrogens is 1. The number of aromatic amines is 1. The van der Waals surface area contributed by atoms with Crippen molar-refractivity contribution in [1.29, 1.82) is 0 Å². The summed E-state index contributed by atoms with van der Waals surface area (Å²) in [6.45, 7) is 1.67. The van der Waals surface area contributed by atoms with Crippen LogP contribution in [0.2, 0.25) is 10.0 Å². The smallest absolute Gasteiger partial charge is 0.299 e. The molecule has 0 radical (unpaired) electrons. The fourth-order valence-corrected chi connectivity index (χ4v) is 2.26. The minimum atomic E-state index is -0.406. The molecule has 0 aliphatic heterocycles. The molecule has 4 nitrogen and oxygen atoms in total. The summed E-state index contributed by atoms with van der Waals surface area (Å²) in [5, 5.41) is 3.44. The Labute approximate surface area is 130 Å². The predicted octanol–water partition coefficient (Wildman–Crippen LogP) is 2.18. The Morgan fingerprint density at radius 2 is 1.95 bits per heavy atom. The Morgan fingerprint density at radius 3 is 2.42 bits per heavy atom. The molecule has 2 aromatic rings. The summed E-state index contributed by atoms with van der Waals surface area (Å²) in [5.41, 5.74) is 0.504. The molecule has 2 rings (SSSR count). The van der Waals surface area contributed by atoms with Crippen LogP contribution in [0.3, 0.4) is 0 Å². The summed E-state index contributed by atoms with van der Waals surface area (Å²) < 4.78 is 1.26. The van der Waals surface area contributed by atoms with Crippen LogP contribution in [-0.2, 0) is 7.05 Å². The number of aromatic nitrogens is 2. The molecule has 0 saturated carbocycles. The summed E-state index contributed by atoms with van der Waals surface area (Å²) in [5.74, 6) is -0.406. The summed E-state index contributed by atoms with van der Waals surface area (Å²) in [7, 11) is 1.55. The second kappa shape index (κ2) is 5.98. The second-order valence-electron chi connectivity index (χ2n) is 3.93. The van der Waals surface area contributed by atoms with E-state index in [2.05, 4.69) is 5.10 Å². The molecule has 1 heterocycles. The molecular formula is C12H10AlCl2N2O2+3. The van der Waals surface area contributed by atoms with Gasteiger partial charge in [0.1, 0.15) is 5.56 Å². The first-order valence-corrected chi connectivity index (χ1v) is 5.92. The van der Waals surface area contributed by atoms with Crippen molar-refractivity contribution in [2.45, 2.75) is 6.92 Å². The quantitative estimate of drug-likeness (QED) is 0.682. The van der Waals surface area contributed by atoms with Crippen LogP contribution in [0.5, 0.6) is 0 Å². The van der Waals surface area contributed by atoms with Gasteiger partial charge in [-0.3, -0.25) is 19.4 Å². The second-order valence-corrected chi connectivity index (χ2v) is 4.77. The van der Waals surface area contributed by atoms with Gasteiger partial charge < -0.3 is 0 Å². The van der Waals surface area contributed by atoms with Crippen molar-refractivity contribution < 1.29 is 4.79 Å². The van der Waals surface area contributed by atoms with Gasteiger partial charge in [0, 0.05) is 23.3 Å². The van der Waals surface area contributed by atoms with Crippen LogP contribution >= 0.6 is 23.2 Å².